The summed E-state index contributed by atoms with van der Waals surface area (Å²) in [5.41, 5.74) is 5.33. The van der Waals surface area contributed by atoms with E-state index < -0.39 is 17.7 Å². The van der Waals surface area contributed by atoms with E-state index in [1.807, 2.05) is 56.3 Å². The molecule has 2 aliphatic heterocycles. The molecule has 2 heterocycles. The van der Waals surface area contributed by atoms with Crippen LogP contribution in [0.25, 0.3) is 5.76 Å². The van der Waals surface area contributed by atoms with E-state index in [0.717, 1.165) is 41.0 Å². The van der Waals surface area contributed by atoms with Crippen LogP contribution in [-0.4, -0.2) is 41.6 Å². The predicted octanol–water partition coefficient (Wildman–Crippen LogP) is 5.50. The molecule has 0 bridgehead atoms. The van der Waals surface area contributed by atoms with Gasteiger partial charge >= 0.3 is 0 Å². The fourth-order valence-electron chi connectivity index (χ4n) is 5.20. The molecule has 0 saturated carbocycles. The number of hydrogen-bond donors (Lipinski definition) is 1. The average Bonchev–Trinajstić information content (AvgIpc) is 3.49. The Labute approximate surface area is 222 Å². The molecule has 1 amide bonds. The van der Waals surface area contributed by atoms with E-state index in [4.69, 9.17) is 9.47 Å². The number of aryl methyl sites for hydroxylation is 2. The third-order valence-electron chi connectivity index (χ3n) is 7.37. The maximum Gasteiger partial charge on any atom is 0.295 e. The maximum absolute atomic E-state index is 13.5. The Bertz CT molecular complexity index is 1420. The van der Waals surface area contributed by atoms with Gasteiger partial charge in [0.15, 0.2) is 11.5 Å². The summed E-state index contributed by atoms with van der Waals surface area (Å²) in [6, 6.07) is 18.2. The van der Waals surface area contributed by atoms with Crippen molar-refractivity contribution in [1.29, 1.82) is 0 Å². The number of benzene rings is 3. The van der Waals surface area contributed by atoms with Crippen molar-refractivity contribution in [3.63, 3.8) is 0 Å². The largest absolute Gasteiger partial charge is 0.507 e. The number of hydrogen-bond acceptors (Lipinski definition) is 6. The van der Waals surface area contributed by atoms with Crippen molar-refractivity contribution >= 4 is 23.1 Å². The van der Waals surface area contributed by atoms with Crippen LogP contribution >= 0.6 is 0 Å². The van der Waals surface area contributed by atoms with E-state index in [2.05, 4.69) is 18.7 Å². The summed E-state index contributed by atoms with van der Waals surface area (Å²) in [6.07, 6.45) is 0. The summed E-state index contributed by atoms with van der Waals surface area (Å²) >= 11 is 0. The van der Waals surface area contributed by atoms with Crippen molar-refractivity contribution in [1.82, 2.24) is 4.90 Å². The molecule has 5 rings (SSSR count). The smallest absolute Gasteiger partial charge is 0.295 e. The first kappa shape index (κ1) is 25.4. The van der Waals surface area contributed by atoms with Crippen LogP contribution in [0.4, 0.5) is 5.69 Å². The lowest BCUT2D eigenvalue weighted by Crippen LogP contribution is -2.29. The van der Waals surface area contributed by atoms with Crippen molar-refractivity contribution in [2.75, 3.05) is 24.8 Å². The molecule has 1 N–H and O–H groups in total. The van der Waals surface area contributed by atoms with Gasteiger partial charge in [0.2, 0.25) is 6.79 Å². The van der Waals surface area contributed by atoms with Gasteiger partial charge in [0.05, 0.1) is 11.6 Å². The van der Waals surface area contributed by atoms with Crippen LogP contribution in [0.5, 0.6) is 11.5 Å². The fourth-order valence-corrected chi connectivity index (χ4v) is 5.20. The minimum absolute atomic E-state index is 0.0646. The second-order valence-corrected chi connectivity index (χ2v) is 9.69. The van der Waals surface area contributed by atoms with Crippen LogP contribution < -0.4 is 14.4 Å². The molecule has 0 spiro atoms. The molecule has 7 nitrogen and oxygen atoms in total. The van der Waals surface area contributed by atoms with Crippen molar-refractivity contribution in [2.24, 2.45) is 0 Å². The first-order valence-electron chi connectivity index (χ1n) is 12.9. The molecule has 1 unspecified atom stereocenters. The summed E-state index contributed by atoms with van der Waals surface area (Å²) in [5, 5.41) is 11.4. The van der Waals surface area contributed by atoms with Gasteiger partial charge in [-0.2, -0.15) is 0 Å². The maximum atomic E-state index is 13.5. The lowest BCUT2D eigenvalue weighted by atomic mass is 9.94. The van der Waals surface area contributed by atoms with Crippen molar-refractivity contribution in [3.8, 4) is 11.5 Å². The molecule has 1 saturated heterocycles. The van der Waals surface area contributed by atoms with Crippen molar-refractivity contribution in [3.05, 3.63) is 94.1 Å². The third kappa shape index (κ3) is 4.49. The Morgan fingerprint density at radius 3 is 2.37 bits per heavy atom. The van der Waals surface area contributed by atoms with Gasteiger partial charge < -0.3 is 24.4 Å². The number of anilines is 1. The fraction of sp³-hybridized carbons (Fsp3) is 0.290. The monoisotopic (exact) mass is 512 g/mol. The number of nitrogens with zero attached hydrogens (tertiary/aromatic N) is 2. The SMILES string of the molecule is CCN(CC)c1ccc(C2/C(=C(/O)c3ccc4c(c3)OCO4)C(=O)C(=O)N2Cc2cc(C)ccc2C)cc1. The van der Waals surface area contributed by atoms with Crippen molar-refractivity contribution in [2.45, 2.75) is 40.3 Å². The highest BCUT2D eigenvalue weighted by Gasteiger charge is 2.46. The Balaban J connectivity index is 1.63. The zero-order chi connectivity index (χ0) is 27.0. The van der Waals surface area contributed by atoms with Crippen LogP contribution in [0.15, 0.2) is 66.2 Å². The number of aliphatic hydroxyl groups is 1. The van der Waals surface area contributed by atoms with E-state index in [9.17, 15) is 14.7 Å². The third-order valence-corrected chi connectivity index (χ3v) is 7.37. The number of ether oxygens (including phenoxy) is 2. The highest BCUT2D eigenvalue weighted by atomic mass is 16.7. The zero-order valence-corrected chi connectivity index (χ0v) is 22.2. The number of ketones is 1. The van der Waals surface area contributed by atoms with Crippen LogP contribution in [-0.2, 0) is 16.1 Å². The number of fused-ring (bicyclic) bond motifs is 1. The molecule has 3 aromatic carbocycles. The number of amides is 1. The molecule has 38 heavy (non-hydrogen) atoms. The number of carbonyl (C=O) groups excluding carboxylic acids is 2. The van der Waals surface area contributed by atoms with E-state index >= 15 is 0 Å². The average molecular weight is 513 g/mol. The standard InChI is InChI=1S/C31H32N2O5/c1-5-32(6-2)24-12-9-21(10-13-24)28-27(29(34)22-11-14-25-26(16-22)38-18-37-25)30(35)31(36)33(28)17-23-15-19(3)7-8-20(23)4/h7-16,28,34H,5-6,17-18H2,1-4H3/b29-27-. The lowest BCUT2D eigenvalue weighted by Gasteiger charge is -2.27. The molecule has 3 aromatic rings. The lowest BCUT2D eigenvalue weighted by molar-refractivity contribution is -0.140. The molecular formula is C31H32N2O5. The van der Waals surface area contributed by atoms with Crippen LogP contribution in [0.2, 0.25) is 0 Å². The van der Waals surface area contributed by atoms with Gasteiger partial charge in [0, 0.05) is 30.9 Å². The van der Waals surface area contributed by atoms with Gasteiger partial charge in [-0.25, -0.2) is 0 Å². The molecule has 2 aliphatic rings. The summed E-state index contributed by atoms with van der Waals surface area (Å²) in [7, 11) is 0. The number of rotatable bonds is 7. The number of aliphatic hydroxyl groups excluding tert-OH is 1. The molecule has 0 aromatic heterocycles. The summed E-state index contributed by atoms with van der Waals surface area (Å²) < 4.78 is 10.9. The Morgan fingerprint density at radius 2 is 1.66 bits per heavy atom. The van der Waals surface area contributed by atoms with Gasteiger partial charge in [0.1, 0.15) is 5.76 Å². The van der Waals surface area contributed by atoms with Gasteiger partial charge in [-0.05, 0) is 74.7 Å². The normalized spacial score (nSPS) is 17.8. The van der Waals surface area contributed by atoms with E-state index in [1.165, 1.54) is 0 Å². The molecule has 0 radical (unpaired) electrons. The van der Waals surface area contributed by atoms with Crippen LogP contribution in [0.1, 0.15) is 47.7 Å². The first-order valence-corrected chi connectivity index (χ1v) is 12.9. The topological polar surface area (TPSA) is 79.3 Å². The number of Topliss-reactive ketones (excluding diaryl/α,β-unsaturated/α-hetero) is 1. The molecule has 1 fully saturated rings. The van der Waals surface area contributed by atoms with E-state index in [-0.39, 0.29) is 24.7 Å². The zero-order valence-electron chi connectivity index (χ0n) is 22.2. The van der Waals surface area contributed by atoms with Crippen molar-refractivity contribution < 1.29 is 24.2 Å². The predicted molar refractivity (Wildman–Crippen MR) is 146 cm³/mol. The Morgan fingerprint density at radius 1 is 0.947 bits per heavy atom. The van der Waals surface area contributed by atoms with Gasteiger partial charge in [0.25, 0.3) is 11.7 Å². The minimum Gasteiger partial charge on any atom is -0.507 e. The van der Waals surface area contributed by atoms with Crippen LogP contribution in [0.3, 0.4) is 0 Å². The van der Waals surface area contributed by atoms with Gasteiger partial charge in [-0.3, -0.25) is 9.59 Å². The minimum atomic E-state index is -0.744. The number of carbonyl (C=O) groups is 2. The summed E-state index contributed by atoms with van der Waals surface area (Å²) in [6.45, 7) is 10.3. The number of likely N-dealkylation sites (tertiary alicyclic amines) is 1. The Kier molecular flexibility index (Phi) is 6.85. The van der Waals surface area contributed by atoms with Gasteiger partial charge in [-0.1, -0.05) is 35.9 Å². The second-order valence-electron chi connectivity index (χ2n) is 9.69. The quantitative estimate of drug-likeness (QED) is 0.256. The summed E-state index contributed by atoms with van der Waals surface area (Å²) in [5.74, 6) is -0.517. The molecular weight excluding hydrogens is 480 g/mol. The first-order chi connectivity index (χ1) is 18.3. The molecule has 1 atom stereocenters. The molecule has 196 valence electrons. The van der Waals surface area contributed by atoms with Crippen LogP contribution in [0, 0.1) is 13.8 Å². The summed E-state index contributed by atoms with van der Waals surface area (Å²) in [4.78, 5) is 30.7. The van der Waals surface area contributed by atoms with Gasteiger partial charge in [-0.15, -0.1) is 0 Å². The van der Waals surface area contributed by atoms with E-state index in [0.29, 0.717) is 17.1 Å². The highest BCUT2D eigenvalue weighted by Crippen LogP contribution is 2.42. The highest BCUT2D eigenvalue weighted by molar-refractivity contribution is 6.46. The Hall–Kier alpha value is -4.26. The molecule has 0 aliphatic carbocycles. The van der Waals surface area contributed by atoms with E-state index in [1.54, 1.807) is 23.1 Å². The molecule has 7 heteroatoms. The second kappa shape index (κ2) is 10.2.